The van der Waals surface area contributed by atoms with Crippen molar-refractivity contribution in [2.45, 2.75) is 50.4 Å². The van der Waals surface area contributed by atoms with Gasteiger partial charge in [-0.1, -0.05) is 31.4 Å². The standard InChI is InChI=1S/C20H30N2O2/c1-24-18-9-7-17(8-10-18)20(11-3-2-4-12-20)15-22-19(23)14-21-13-16-5-6-16/h7-10,16,21H,2-6,11-15H2,1H3,(H,22,23). The van der Waals surface area contributed by atoms with Crippen LogP contribution in [0.1, 0.15) is 50.5 Å². The van der Waals surface area contributed by atoms with Gasteiger partial charge in [0.1, 0.15) is 5.75 Å². The number of hydrogen-bond acceptors (Lipinski definition) is 3. The number of rotatable bonds is 8. The average Bonchev–Trinajstić information content (AvgIpc) is 3.45. The molecule has 0 atom stereocenters. The summed E-state index contributed by atoms with van der Waals surface area (Å²) in [5.74, 6) is 1.81. The maximum absolute atomic E-state index is 12.2. The van der Waals surface area contributed by atoms with E-state index in [9.17, 15) is 4.79 Å². The zero-order valence-corrected chi connectivity index (χ0v) is 14.8. The van der Waals surface area contributed by atoms with E-state index in [1.807, 2.05) is 12.1 Å². The Hall–Kier alpha value is -1.55. The summed E-state index contributed by atoms with van der Waals surface area (Å²) in [5, 5.41) is 6.46. The van der Waals surface area contributed by atoms with Crippen molar-refractivity contribution in [3.63, 3.8) is 0 Å². The minimum absolute atomic E-state index is 0.0800. The van der Waals surface area contributed by atoms with E-state index in [2.05, 4.69) is 22.8 Å². The van der Waals surface area contributed by atoms with Crippen LogP contribution in [0.5, 0.6) is 5.75 Å². The van der Waals surface area contributed by atoms with E-state index >= 15 is 0 Å². The molecule has 1 aromatic rings. The first-order chi connectivity index (χ1) is 11.7. The molecule has 2 fully saturated rings. The Kier molecular flexibility index (Phi) is 5.77. The van der Waals surface area contributed by atoms with E-state index in [1.54, 1.807) is 7.11 Å². The first-order valence-electron chi connectivity index (χ1n) is 9.34. The van der Waals surface area contributed by atoms with Crippen molar-refractivity contribution in [1.29, 1.82) is 0 Å². The molecule has 132 valence electrons. The van der Waals surface area contributed by atoms with Gasteiger partial charge < -0.3 is 15.4 Å². The van der Waals surface area contributed by atoms with Crippen LogP contribution in [0.25, 0.3) is 0 Å². The maximum Gasteiger partial charge on any atom is 0.233 e. The number of carbonyl (C=O) groups is 1. The van der Waals surface area contributed by atoms with Crippen LogP contribution in [-0.4, -0.2) is 32.7 Å². The van der Waals surface area contributed by atoms with Crippen LogP contribution in [-0.2, 0) is 10.2 Å². The SMILES string of the molecule is COc1ccc(C2(CNC(=O)CNCC3CC3)CCCCC2)cc1. The molecule has 1 aromatic carbocycles. The van der Waals surface area contributed by atoms with Gasteiger partial charge in [-0.15, -0.1) is 0 Å². The lowest BCUT2D eigenvalue weighted by molar-refractivity contribution is -0.120. The fourth-order valence-electron chi connectivity index (χ4n) is 3.78. The Balaban J connectivity index is 1.58. The third-order valence-corrected chi connectivity index (χ3v) is 5.55. The summed E-state index contributed by atoms with van der Waals surface area (Å²) >= 11 is 0. The Morgan fingerprint density at radius 1 is 1.17 bits per heavy atom. The summed E-state index contributed by atoms with van der Waals surface area (Å²) in [7, 11) is 1.69. The Bertz CT molecular complexity index is 531. The van der Waals surface area contributed by atoms with E-state index in [0.717, 1.165) is 37.6 Å². The lowest BCUT2D eigenvalue weighted by Gasteiger charge is -2.38. The van der Waals surface area contributed by atoms with Gasteiger partial charge in [0.05, 0.1) is 13.7 Å². The number of ether oxygens (including phenoxy) is 1. The zero-order valence-electron chi connectivity index (χ0n) is 14.8. The molecule has 0 bridgehead atoms. The third-order valence-electron chi connectivity index (χ3n) is 5.55. The van der Waals surface area contributed by atoms with Crippen molar-refractivity contribution in [1.82, 2.24) is 10.6 Å². The van der Waals surface area contributed by atoms with Crippen LogP contribution in [0.15, 0.2) is 24.3 Å². The molecular formula is C20H30N2O2. The Labute approximate surface area is 145 Å². The lowest BCUT2D eigenvalue weighted by atomic mass is 9.69. The van der Waals surface area contributed by atoms with Crippen LogP contribution in [0.3, 0.4) is 0 Å². The number of amides is 1. The molecule has 0 unspecified atom stereocenters. The topological polar surface area (TPSA) is 50.4 Å². The summed E-state index contributed by atoms with van der Waals surface area (Å²) in [6.45, 7) is 2.16. The zero-order chi connectivity index (χ0) is 16.8. The van der Waals surface area contributed by atoms with E-state index in [4.69, 9.17) is 4.74 Å². The molecule has 1 amide bonds. The smallest absolute Gasteiger partial charge is 0.233 e. The molecule has 3 rings (SSSR count). The third kappa shape index (κ3) is 4.50. The largest absolute Gasteiger partial charge is 0.497 e. The van der Waals surface area contributed by atoms with Gasteiger partial charge in [-0.25, -0.2) is 0 Å². The second-order valence-corrected chi connectivity index (χ2v) is 7.42. The van der Waals surface area contributed by atoms with Gasteiger partial charge in [-0.05, 0) is 55.8 Å². The monoisotopic (exact) mass is 330 g/mol. The second-order valence-electron chi connectivity index (χ2n) is 7.42. The minimum atomic E-state index is 0.0800. The van der Waals surface area contributed by atoms with Gasteiger partial charge in [-0.3, -0.25) is 4.79 Å². The van der Waals surface area contributed by atoms with Gasteiger partial charge >= 0.3 is 0 Å². The Morgan fingerprint density at radius 2 is 1.88 bits per heavy atom. The highest BCUT2D eigenvalue weighted by Crippen LogP contribution is 2.39. The van der Waals surface area contributed by atoms with Crippen molar-refractivity contribution < 1.29 is 9.53 Å². The molecule has 0 radical (unpaired) electrons. The van der Waals surface area contributed by atoms with E-state index < -0.39 is 0 Å². The second kappa shape index (κ2) is 8.02. The summed E-state index contributed by atoms with van der Waals surface area (Å²) < 4.78 is 5.28. The van der Waals surface area contributed by atoms with Crippen LogP contribution in [0.2, 0.25) is 0 Å². The normalized spacial score (nSPS) is 19.7. The van der Waals surface area contributed by atoms with Crippen LogP contribution in [0.4, 0.5) is 0 Å². The highest BCUT2D eigenvalue weighted by atomic mass is 16.5. The summed E-state index contributed by atoms with van der Waals surface area (Å²) in [5.41, 5.74) is 1.41. The number of hydrogen-bond donors (Lipinski definition) is 2. The first kappa shape index (κ1) is 17.3. The highest BCUT2D eigenvalue weighted by Gasteiger charge is 2.34. The maximum atomic E-state index is 12.2. The number of methoxy groups -OCH3 is 1. The molecule has 0 aliphatic heterocycles. The van der Waals surface area contributed by atoms with Crippen LogP contribution >= 0.6 is 0 Å². The number of benzene rings is 1. The van der Waals surface area contributed by atoms with Gasteiger partial charge in [0.25, 0.3) is 0 Å². The molecule has 2 aliphatic rings. The van der Waals surface area contributed by atoms with Crippen molar-refractivity contribution in [3.8, 4) is 5.75 Å². The van der Waals surface area contributed by atoms with E-state index in [-0.39, 0.29) is 11.3 Å². The van der Waals surface area contributed by atoms with Crippen molar-refractivity contribution in [2.24, 2.45) is 5.92 Å². The molecule has 0 aromatic heterocycles. The molecule has 2 N–H and O–H groups in total. The highest BCUT2D eigenvalue weighted by molar-refractivity contribution is 5.78. The van der Waals surface area contributed by atoms with E-state index in [1.165, 1.54) is 37.7 Å². The summed E-state index contributed by atoms with van der Waals surface area (Å²) in [6.07, 6.45) is 8.70. The quantitative estimate of drug-likeness (QED) is 0.770. The van der Waals surface area contributed by atoms with E-state index in [0.29, 0.717) is 6.54 Å². The van der Waals surface area contributed by atoms with Gasteiger partial charge in [0.2, 0.25) is 5.91 Å². The lowest BCUT2D eigenvalue weighted by Crippen LogP contribution is -2.44. The molecule has 4 heteroatoms. The molecule has 24 heavy (non-hydrogen) atoms. The average molecular weight is 330 g/mol. The minimum Gasteiger partial charge on any atom is -0.497 e. The molecule has 2 aliphatic carbocycles. The molecule has 0 spiro atoms. The van der Waals surface area contributed by atoms with Gasteiger partial charge in [-0.2, -0.15) is 0 Å². The van der Waals surface area contributed by atoms with Gasteiger partial charge in [0, 0.05) is 12.0 Å². The van der Waals surface area contributed by atoms with Crippen LogP contribution in [0, 0.1) is 5.92 Å². The fourth-order valence-corrected chi connectivity index (χ4v) is 3.78. The first-order valence-corrected chi connectivity index (χ1v) is 9.34. The molecule has 0 saturated heterocycles. The van der Waals surface area contributed by atoms with Gasteiger partial charge in [0.15, 0.2) is 0 Å². The fraction of sp³-hybridized carbons (Fsp3) is 0.650. The molecular weight excluding hydrogens is 300 g/mol. The Morgan fingerprint density at radius 3 is 2.50 bits per heavy atom. The van der Waals surface area contributed by atoms with Crippen molar-refractivity contribution >= 4 is 5.91 Å². The number of carbonyl (C=O) groups excluding carboxylic acids is 1. The number of nitrogens with one attached hydrogen (secondary N) is 2. The molecule has 4 nitrogen and oxygen atoms in total. The summed E-state index contributed by atoms with van der Waals surface area (Å²) in [6, 6.07) is 8.40. The molecule has 2 saturated carbocycles. The molecule has 0 heterocycles. The predicted octanol–water partition coefficient (Wildman–Crippen LogP) is 3.01. The van der Waals surface area contributed by atoms with Crippen molar-refractivity contribution in [3.05, 3.63) is 29.8 Å². The predicted molar refractivity (Wildman–Crippen MR) is 96.4 cm³/mol. The summed E-state index contributed by atoms with van der Waals surface area (Å²) in [4.78, 5) is 12.2. The van der Waals surface area contributed by atoms with Crippen LogP contribution < -0.4 is 15.4 Å². The van der Waals surface area contributed by atoms with Crippen molar-refractivity contribution in [2.75, 3.05) is 26.7 Å².